The number of phosphoric ester groups is 1. The van der Waals surface area contributed by atoms with Gasteiger partial charge in [-0.05, 0) is 12.1 Å². The van der Waals surface area contributed by atoms with Crippen molar-refractivity contribution >= 4 is 26.6 Å². The number of rotatable bonds is 9. The van der Waals surface area contributed by atoms with Gasteiger partial charge in [-0.2, -0.15) is 4.31 Å². The molecule has 0 bridgehead atoms. The van der Waals surface area contributed by atoms with Crippen molar-refractivity contribution in [1.29, 1.82) is 0 Å². The van der Waals surface area contributed by atoms with E-state index in [-0.39, 0.29) is 12.2 Å². The molecule has 0 radical (unpaired) electrons. The smallest absolute Gasteiger partial charge is 0.481 e. The van der Waals surface area contributed by atoms with E-state index >= 15 is 0 Å². The average molecular weight is 565 g/mol. The van der Waals surface area contributed by atoms with Gasteiger partial charge in [0.2, 0.25) is 0 Å². The Labute approximate surface area is 205 Å². The summed E-state index contributed by atoms with van der Waals surface area (Å²) in [6.07, 6.45) is -5.63. The number of hydrogen-bond acceptors (Lipinski definition) is 12. The summed E-state index contributed by atoms with van der Waals surface area (Å²) < 4.78 is 48.0. The Balaban J connectivity index is 1.59. The second kappa shape index (κ2) is 10.2. The summed E-state index contributed by atoms with van der Waals surface area (Å²) in [5.41, 5.74) is -1.14. The number of phosphoric acid groups is 2. The maximum Gasteiger partial charge on any atom is 0.481 e. The van der Waals surface area contributed by atoms with Crippen LogP contribution in [-0.2, 0) is 29.2 Å². The fraction of sp³-hybridized carbons (Fsp3) is 0.389. The zero-order valence-electron chi connectivity index (χ0n) is 18.8. The summed E-state index contributed by atoms with van der Waals surface area (Å²) in [5, 5.41) is 25.1. The van der Waals surface area contributed by atoms with Gasteiger partial charge in [0.25, 0.3) is 5.56 Å². The van der Waals surface area contributed by atoms with Crippen LogP contribution in [0.3, 0.4) is 0 Å². The van der Waals surface area contributed by atoms with E-state index in [9.17, 15) is 33.8 Å². The predicted octanol–water partition coefficient (Wildman–Crippen LogP) is -0.946. The summed E-state index contributed by atoms with van der Waals surface area (Å²) in [6.45, 7) is -1.31. The van der Waals surface area contributed by atoms with Gasteiger partial charge >= 0.3 is 21.3 Å². The van der Waals surface area contributed by atoms with Crippen LogP contribution in [0.25, 0.3) is 11.0 Å². The SMILES string of the molecule is COc1cccc2onc(Cn3c(=O)ccn([C@@H]4O[C@H](COP(=O)(O)OP(=O)(O)O)C(O)[C@@H]4O)c3=O)c12. The third-order valence-electron chi connectivity index (χ3n) is 5.38. The van der Waals surface area contributed by atoms with Crippen molar-refractivity contribution in [2.45, 2.75) is 31.1 Å². The number of benzene rings is 1. The highest BCUT2D eigenvalue weighted by Crippen LogP contribution is 2.57. The molecule has 19 heteroatoms. The lowest BCUT2D eigenvalue weighted by molar-refractivity contribution is -0.0547. The second-order valence-electron chi connectivity index (χ2n) is 7.78. The Hall–Kier alpha value is -2.69. The summed E-state index contributed by atoms with van der Waals surface area (Å²) in [4.78, 5) is 52.4. The Morgan fingerprint density at radius 2 is 1.84 bits per heavy atom. The molecule has 202 valence electrons. The van der Waals surface area contributed by atoms with Gasteiger partial charge in [-0.25, -0.2) is 13.9 Å². The van der Waals surface area contributed by atoms with Crippen molar-refractivity contribution < 1.29 is 56.9 Å². The average Bonchev–Trinajstić information content (AvgIpc) is 3.35. The molecular formula is C18H21N3O14P2. The summed E-state index contributed by atoms with van der Waals surface area (Å²) >= 11 is 0. The van der Waals surface area contributed by atoms with E-state index < -0.39 is 58.0 Å². The quantitative estimate of drug-likeness (QED) is 0.197. The monoisotopic (exact) mass is 565 g/mol. The number of aliphatic hydroxyl groups excluding tert-OH is 2. The van der Waals surface area contributed by atoms with Crippen LogP contribution in [0.5, 0.6) is 5.75 Å². The normalized spacial score (nSPS) is 23.8. The molecule has 1 saturated heterocycles. The van der Waals surface area contributed by atoms with Gasteiger partial charge in [0.15, 0.2) is 11.8 Å². The van der Waals surface area contributed by atoms with Gasteiger partial charge in [-0.3, -0.25) is 18.5 Å². The van der Waals surface area contributed by atoms with Gasteiger partial charge in [-0.15, -0.1) is 0 Å². The maximum absolute atomic E-state index is 13.2. The molecule has 4 rings (SSSR count). The zero-order chi connectivity index (χ0) is 27.1. The van der Waals surface area contributed by atoms with E-state index in [2.05, 4.69) is 14.0 Å². The standard InChI is InChI=1S/C18H21N3O14P2/c1-31-10-3-2-4-11-14(10)9(19-34-11)7-21-13(22)5-6-20(18(21)25)17-16(24)15(23)12(33-17)8-32-37(29,30)35-36(26,27)28/h2-6,12,15-17,23-24H,7-8H2,1H3,(H,29,30)(H2,26,27,28)/t12-,15?,16+,17-/m1/s1. The predicted molar refractivity (Wildman–Crippen MR) is 119 cm³/mol. The number of aliphatic hydroxyl groups is 2. The van der Waals surface area contributed by atoms with Crippen molar-refractivity contribution in [3.05, 3.63) is 57.0 Å². The summed E-state index contributed by atoms with van der Waals surface area (Å²) in [5.74, 6) is 0.391. The molecule has 5 N–H and O–H groups in total. The highest BCUT2D eigenvalue weighted by Gasteiger charge is 2.46. The highest BCUT2D eigenvalue weighted by molar-refractivity contribution is 7.60. The molecule has 1 fully saturated rings. The van der Waals surface area contributed by atoms with Crippen LogP contribution < -0.4 is 16.0 Å². The molecule has 0 amide bonds. The van der Waals surface area contributed by atoms with Crippen LogP contribution in [0.15, 0.2) is 44.6 Å². The van der Waals surface area contributed by atoms with Crippen LogP contribution in [-0.4, -0.2) is 71.2 Å². The number of aromatic nitrogens is 3. The van der Waals surface area contributed by atoms with Crippen LogP contribution in [0, 0.1) is 0 Å². The molecule has 3 heterocycles. The van der Waals surface area contributed by atoms with E-state index in [1.54, 1.807) is 18.2 Å². The first kappa shape index (κ1) is 27.3. The highest BCUT2D eigenvalue weighted by atomic mass is 31.3. The van der Waals surface area contributed by atoms with E-state index in [1.807, 2.05) is 0 Å². The largest absolute Gasteiger partial charge is 0.496 e. The number of methoxy groups -OCH3 is 1. The van der Waals surface area contributed by atoms with Crippen molar-refractivity contribution in [3.63, 3.8) is 0 Å². The van der Waals surface area contributed by atoms with Gasteiger partial charge < -0.3 is 38.9 Å². The minimum atomic E-state index is -5.39. The van der Waals surface area contributed by atoms with Gasteiger partial charge in [-0.1, -0.05) is 11.2 Å². The van der Waals surface area contributed by atoms with Crippen LogP contribution in [0.1, 0.15) is 11.9 Å². The minimum absolute atomic E-state index is 0.201. The molecule has 2 aromatic heterocycles. The van der Waals surface area contributed by atoms with Crippen molar-refractivity contribution in [2.24, 2.45) is 0 Å². The number of nitrogens with zero attached hydrogens (tertiary/aromatic N) is 3. The van der Waals surface area contributed by atoms with Gasteiger partial charge in [0, 0.05) is 12.3 Å². The first-order chi connectivity index (χ1) is 17.3. The van der Waals surface area contributed by atoms with E-state index in [0.717, 1.165) is 21.4 Å². The van der Waals surface area contributed by atoms with Crippen LogP contribution in [0.2, 0.25) is 0 Å². The first-order valence-electron chi connectivity index (χ1n) is 10.3. The fourth-order valence-electron chi connectivity index (χ4n) is 3.74. The molecule has 0 aliphatic carbocycles. The van der Waals surface area contributed by atoms with Crippen molar-refractivity contribution in [3.8, 4) is 5.75 Å². The maximum atomic E-state index is 13.2. The number of hydrogen-bond donors (Lipinski definition) is 5. The van der Waals surface area contributed by atoms with Gasteiger partial charge in [0.05, 0.1) is 25.6 Å². The molecule has 37 heavy (non-hydrogen) atoms. The third-order valence-corrected chi connectivity index (χ3v) is 7.53. The summed E-state index contributed by atoms with van der Waals surface area (Å²) in [6, 6.07) is 5.92. The van der Waals surface area contributed by atoms with Crippen molar-refractivity contribution in [1.82, 2.24) is 14.3 Å². The molecule has 0 saturated carbocycles. The van der Waals surface area contributed by atoms with E-state index in [1.165, 1.54) is 7.11 Å². The topological polar surface area (TPSA) is 242 Å². The fourth-order valence-corrected chi connectivity index (χ4v) is 5.34. The molecule has 5 atom stereocenters. The molecule has 17 nitrogen and oxygen atoms in total. The van der Waals surface area contributed by atoms with E-state index in [0.29, 0.717) is 16.7 Å². The molecule has 1 aliphatic rings. The van der Waals surface area contributed by atoms with Crippen LogP contribution >= 0.6 is 15.6 Å². The molecule has 1 aromatic carbocycles. The van der Waals surface area contributed by atoms with E-state index in [4.69, 9.17) is 23.8 Å². The minimum Gasteiger partial charge on any atom is -0.496 e. The molecule has 0 spiro atoms. The lowest BCUT2D eigenvalue weighted by Crippen LogP contribution is -2.43. The summed E-state index contributed by atoms with van der Waals surface area (Å²) in [7, 11) is -9.23. The zero-order valence-corrected chi connectivity index (χ0v) is 20.5. The number of fused-ring (bicyclic) bond motifs is 1. The Morgan fingerprint density at radius 1 is 1.11 bits per heavy atom. The lowest BCUT2D eigenvalue weighted by Gasteiger charge is -2.19. The van der Waals surface area contributed by atoms with Gasteiger partial charge in [0.1, 0.15) is 29.8 Å². The molecule has 1 aliphatic heterocycles. The second-order valence-corrected chi connectivity index (χ2v) is 10.6. The number of ether oxygens (including phenoxy) is 2. The Morgan fingerprint density at radius 3 is 2.51 bits per heavy atom. The molecular weight excluding hydrogens is 544 g/mol. The first-order valence-corrected chi connectivity index (χ1v) is 13.3. The Bertz CT molecular complexity index is 1510. The molecule has 2 unspecified atom stereocenters. The van der Waals surface area contributed by atoms with Crippen LogP contribution in [0.4, 0.5) is 0 Å². The third kappa shape index (κ3) is 5.76. The lowest BCUT2D eigenvalue weighted by atomic mass is 10.1. The molecule has 3 aromatic rings. The Kier molecular flexibility index (Phi) is 7.56. The van der Waals surface area contributed by atoms with Crippen molar-refractivity contribution in [2.75, 3.05) is 13.7 Å².